The van der Waals surface area contributed by atoms with Crippen LogP contribution >= 0.6 is 0 Å². The first-order valence-corrected chi connectivity index (χ1v) is 8.65. The molecule has 0 spiro atoms. The van der Waals surface area contributed by atoms with Crippen molar-refractivity contribution in [1.82, 2.24) is 4.90 Å². The van der Waals surface area contributed by atoms with E-state index in [9.17, 15) is 14.4 Å². The molecule has 26 heavy (non-hydrogen) atoms. The summed E-state index contributed by atoms with van der Waals surface area (Å²) in [5, 5.41) is 8.98. The molecule has 140 valence electrons. The Bertz CT molecular complexity index is 725. The molecule has 5 nitrogen and oxygen atoms in total. The molecule has 2 aromatic carbocycles. The fourth-order valence-electron chi connectivity index (χ4n) is 2.15. The van der Waals surface area contributed by atoms with Crippen LogP contribution in [0.25, 0.3) is 0 Å². The van der Waals surface area contributed by atoms with Crippen molar-refractivity contribution < 1.29 is 19.5 Å². The molecule has 1 amide bonds. The van der Waals surface area contributed by atoms with E-state index in [4.69, 9.17) is 5.11 Å². The normalized spacial score (nSPS) is 8.96. The Kier molecular flexibility index (Phi) is 11.0. The summed E-state index contributed by atoms with van der Waals surface area (Å²) in [7, 11) is 1.61. The lowest BCUT2D eigenvalue weighted by Crippen LogP contribution is -2.27. The van der Waals surface area contributed by atoms with Gasteiger partial charge in [0.1, 0.15) is 0 Å². The molecule has 0 unspecified atom stereocenters. The van der Waals surface area contributed by atoms with Gasteiger partial charge in [0, 0.05) is 19.2 Å². The highest BCUT2D eigenvalue weighted by atomic mass is 16.4. The van der Waals surface area contributed by atoms with Crippen LogP contribution in [0.3, 0.4) is 0 Å². The first kappa shape index (κ1) is 23.1. The molecule has 0 bridgehead atoms. The van der Waals surface area contributed by atoms with Crippen LogP contribution in [0.2, 0.25) is 0 Å². The van der Waals surface area contributed by atoms with Crippen LogP contribution in [0, 0.1) is 0 Å². The average molecular weight is 357 g/mol. The highest BCUT2D eigenvalue weighted by Crippen LogP contribution is 2.13. The Hall–Kier alpha value is -2.95. The fourth-order valence-corrected chi connectivity index (χ4v) is 2.15. The minimum absolute atomic E-state index is 0.173. The van der Waals surface area contributed by atoms with Crippen molar-refractivity contribution in [2.75, 3.05) is 7.05 Å². The Labute approximate surface area is 155 Å². The standard InChI is InChI=1S/C17H15NO4.2C2H6/c1-18(10-12-5-4-7-13(9-12)17(21)22)16(20)15-8-3-2-6-14(15)11-19;2*1-2/h2-9,11H,10H2,1H3,(H,21,22);2*1-2H3. The third-order valence-corrected chi connectivity index (χ3v) is 3.26. The molecule has 2 rings (SSSR count). The maximum atomic E-state index is 12.4. The van der Waals surface area contributed by atoms with Crippen LogP contribution in [-0.2, 0) is 6.54 Å². The zero-order valence-corrected chi connectivity index (χ0v) is 16.0. The number of carbonyl (C=O) groups excluding carboxylic acids is 2. The number of aromatic carboxylic acids is 1. The maximum absolute atomic E-state index is 12.4. The van der Waals surface area contributed by atoms with Gasteiger partial charge in [-0.15, -0.1) is 0 Å². The highest BCUT2D eigenvalue weighted by molar-refractivity contribution is 6.01. The number of aldehydes is 1. The monoisotopic (exact) mass is 357 g/mol. The molecule has 0 aliphatic rings. The van der Waals surface area contributed by atoms with Gasteiger partial charge in [0.2, 0.25) is 0 Å². The summed E-state index contributed by atoms with van der Waals surface area (Å²) in [6, 6.07) is 13.0. The summed E-state index contributed by atoms with van der Waals surface area (Å²) < 4.78 is 0. The molecule has 0 aliphatic carbocycles. The van der Waals surface area contributed by atoms with E-state index < -0.39 is 5.97 Å². The zero-order valence-electron chi connectivity index (χ0n) is 16.0. The van der Waals surface area contributed by atoms with E-state index in [0.29, 0.717) is 23.0 Å². The predicted molar refractivity (Wildman–Crippen MR) is 104 cm³/mol. The number of nitrogens with zero attached hydrogens (tertiary/aromatic N) is 1. The topological polar surface area (TPSA) is 74.7 Å². The van der Waals surface area contributed by atoms with Gasteiger partial charge in [-0.05, 0) is 23.8 Å². The van der Waals surface area contributed by atoms with Gasteiger partial charge in [0.25, 0.3) is 5.91 Å². The van der Waals surface area contributed by atoms with E-state index in [2.05, 4.69) is 0 Å². The molecule has 0 fully saturated rings. The van der Waals surface area contributed by atoms with Crippen molar-refractivity contribution in [3.8, 4) is 0 Å². The van der Waals surface area contributed by atoms with Crippen molar-refractivity contribution in [2.45, 2.75) is 34.2 Å². The molecule has 1 N–H and O–H groups in total. The van der Waals surface area contributed by atoms with Crippen LogP contribution in [0.15, 0.2) is 48.5 Å². The smallest absolute Gasteiger partial charge is 0.335 e. The van der Waals surface area contributed by atoms with Crippen molar-refractivity contribution in [2.24, 2.45) is 0 Å². The minimum atomic E-state index is -1.01. The number of rotatable bonds is 5. The van der Waals surface area contributed by atoms with Gasteiger partial charge in [0.05, 0.1) is 11.1 Å². The predicted octanol–water partition coefficient (Wildman–Crippen LogP) is 4.52. The summed E-state index contributed by atoms with van der Waals surface area (Å²) in [5.74, 6) is -1.30. The minimum Gasteiger partial charge on any atom is -0.478 e. The largest absolute Gasteiger partial charge is 0.478 e. The zero-order chi connectivity index (χ0) is 20.1. The summed E-state index contributed by atoms with van der Waals surface area (Å²) in [6.07, 6.45) is 0.645. The second-order valence-corrected chi connectivity index (χ2v) is 4.87. The molecular formula is C21H27NO4. The summed E-state index contributed by atoms with van der Waals surface area (Å²) in [5.41, 5.74) is 1.54. The maximum Gasteiger partial charge on any atom is 0.335 e. The average Bonchev–Trinajstić information content (AvgIpc) is 2.70. The second-order valence-electron chi connectivity index (χ2n) is 4.87. The van der Waals surface area contributed by atoms with E-state index in [-0.39, 0.29) is 18.0 Å². The number of carboxylic acid groups (broad SMARTS) is 1. The number of benzene rings is 2. The number of hydrogen-bond acceptors (Lipinski definition) is 3. The lowest BCUT2D eigenvalue weighted by Gasteiger charge is -2.18. The molecule has 0 aromatic heterocycles. The Morgan fingerprint density at radius 1 is 1.00 bits per heavy atom. The van der Waals surface area contributed by atoms with Crippen molar-refractivity contribution >= 4 is 18.2 Å². The van der Waals surface area contributed by atoms with Gasteiger partial charge in [-0.3, -0.25) is 9.59 Å². The highest BCUT2D eigenvalue weighted by Gasteiger charge is 2.15. The molecule has 5 heteroatoms. The molecule has 0 radical (unpaired) electrons. The summed E-state index contributed by atoms with van der Waals surface area (Å²) >= 11 is 0. The molecule has 0 saturated heterocycles. The summed E-state index contributed by atoms with van der Waals surface area (Å²) in [6.45, 7) is 8.26. The second kappa shape index (κ2) is 12.4. The van der Waals surface area contributed by atoms with Gasteiger partial charge in [-0.1, -0.05) is 58.0 Å². The number of carbonyl (C=O) groups is 3. The Morgan fingerprint density at radius 2 is 1.62 bits per heavy atom. The SMILES string of the molecule is CC.CC.CN(Cc1cccc(C(=O)O)c1)C(=O)c1ccccc1C=O. The van der Waals surface area contributed by atoms with Crippen LogP contribution in [-0.4, -0.2) is 35.2 Å². The molecule has 0 atom stereocenters. The van der Waals surface area contributed by atoms with E-state index in [1.807, 2.05) is 27.7 Å². The number of hydrogen-bond donors (Lipinski definition) is 1. The van der Waals surface area contributed by atoms with Gasteiger partial charge in [-0.25, -0.2) is 4.79 Å². The first-order chi connectivity index (χ1) is 12.5. The third kappa shape index (κ3) is 6.51. The molecule has 0 heterocycles. The van der Waals surface area contributed by atoms with E-state index in [1.54, 1.807) is 43.4 Å². The van der Waals surface area contributed by atoms with Gasteiger partial charge in [0.15, 0.2) is 6.29 Å². The van der Waals surface area contributed by atoms with E-state index in [1.165, 1.54) is 17.0 Å². The van der Waals surface area contributed by atoms with Gasteiger partial charge in [-0.2, -0.15) is 0 Å². The molecule has 2 aromatic rings. The Morgan fingerprint density at radius 3 is 2.19 bits per heavy atom. The third-order valence-electron chi connectivity index (χ3n) is 3.26. The van der Waals surface area contributed by atoms with Crippen LogP contribution in [0.5, 0.6) is 0 Å². The molecule has 0 aliphatic heterocycles. The fraction of sp³-hybridized carbons (Fsp3) is 0.286. The first-order valence-electron chi connectivity index (χ1n) is 8.65. The molecular weight excluding hydrogens is 330 g/mol. The number of carboxylic acids is 1. The molecule has 0 saturated carbocycles. The van der Waals surface area contributed by atoms with Crippen molar-refractivity contribution in [1.29, 1.82) is 0 Å². The van der Waals surface area contributed by atoms with Gasteiger partial charge < -0.3 is 10.0 Å². The van der Waals surface area contributed by atoms with E-state index >= 15 is 0 Å². The van der Waals surface area contributed by atoms with E-state index in [0.717, 1.165) is 0 Å². The number of amides is 1. The summed E-state index contributed by atoms with van der Waals surface area (Å²) in [4.78, 5) is 35.8. The van der Waals surface area contributed by atoms with Crippen molar-refractivity contribution in [3.63, 3.8) is 0 Å². The van der Waals surface area contributed by atoms with Crippen LogP contribution < -0.4 is 0 Å². The lowest BCUT2D eigenvalue weighted by atomic mass is 10.1. The lowest BCUT2D eigenvalue weighted by molar-refractivity contribution is 0.0696. The van der Waals surface area contributed by atoms with Crippen LogP contribution in [0.1, 0.15) is 64.3 Å². The van der Waals surface area contributed by atoms with Crippen LogP contribution in [0.4, 0.5) is 0 Å². The van der Waals surface area contributed by atoms with Gasteiger partial charge >= 0.3 is 5.97 Å². The Balaban J connectivity index is 0.00000146. The quantitative estimate of drug-likeness (QED) is 0.798. The van der Waals surface area contributed by atoms with Crippen molar-refractivity contribution in [3.05, 3.63) is 70.8 Å².